The number of nitrogens with zero attached hydrogens (tertiary/aromatic N) is 2. The van der Waals surface area contributed by atoms with Gasteiger partial charge >= 0.3 is 5.97 Å². The van der Waals surface area contributed by atoms with Crippen LogP contribution in [0.5, 0.6) is 5.75 Å². The van der Waals surface area contributed by atoms with Crippen LogP contribution in [0.25, 0.3) is 11.1 Å². The number of hydrogen-bond acceptors (Lipinski definition) is 5. The first kappa shape index (κ1) is 20.1. The van der Waals surface area contributed by atoms with Crippen LogP contribution in [0, 0.1) is 11.3 Å². The Morgan fingerprint density at radius 1 is 1.38 bits per heavy atom. The van der Waals surface area contributed by atoms with Gasteiger partial charge in [0.15, 0.2) is 0 Å². The first-order chi connectivity index (χ1) is 14.0. The minimum atomic E-state index is -1.22. The van der Waals surface area contributed by atoms with Gasteiger partial charge in [0, 0.05) is 46.2 Å². The zero-order valence-corrected chi connectivity index (χ0v) is 16.1. The van der Waals surface area contributed by atoms with Crippen LogP contribution in [-0.4, -0.2) is 28.2 Å². The fraction of sp³-hybridized carbons (Fsp3) is 0.143. The minimum absolute atomic E-state index is 0.0120. The number of H-pyrrole nitrogens is 1. The average molecular weight is 410 g/mol. The summed E-state index contributed by atoms with van der Waals surface area (Å²) in [5.74, 6) is -2.19. The van der Waals surface area contributed by atoms with Crippen molar-refractivity contribution in [1.29, 1.82) is 5.26 Å². The molecule has 0 aliphatic rings. The van der Waals surface area contributed by atoms with Crippen molar-refractivity contribution in [2.45, 2.75) is 12.3 Å². The Bertz CT molecular complexity index is 1150. The SMILES string of the molecule is COc1c[nH]c(=O)c(C(Cc2ccccn2)C(=O)O)c1-c1cc(Cl)ccc1C#N. The van der Waals surface area contributed by atoms with Crippen molar-refractivity contribution in [2.24, 2.45) is 0 Å². The maximum atomic E-state index is 12.8. The number of methoxy groups -OCH3 is 1. The summed E-state index contributed by atoms with van der Waals surface area (Å²) in [6.45, 7) is 0. The van der Waals surface area contributed by atoms with E-state index in [4.69, 9.17) is 16.3 Å². The molecule has 29 heavy (non-hydrogen) atoms. The first-order valence-electron chi connectivity index (χ1n) is 8.58. The third kappa shape index (κ3) is 4.13. The van der Waals surface area contributed by atoms with Gasteiger partial charge < -0.3 is 14.8 Å². The Morgan fingerprint density at radius 3 is 2.79 bits per heavy atom. The number of halogens is 1. The summed E-state index contributed by atoms with van der Waals surface area (Å²) in [6, 6.07) is 11.8. The second kappa shape index (κ2) is 8.59. The van der Waals surface area contributed by atoms with Crippen molar-refractivity contribution in [2.75, 3.05) is 7.11 Å². The number of pyridine rings is 2. The topological polar surface area (TPSA) is 116 Å². The molecule has 1 atom stereocenters. The molecule has 1 aromatic carbocycles. The number of rotatable bonds is 6. The van der Waals surface area contributed by atoms with Gasteiger partial charge in [-0.15, -0.1) is 0 Å². The van der Waals surface area contributed by atoms with Crippen molar-refractivity contribution in [1.82, 2.24) is 9.97 Å². The minimum Gasteiger partial charge on any atom is -0.495 e. The molecule has 0 aliphatic carbocycles. The number of aromatic amines is 1. The van der Waals surface area contributed by atoms with Gasteiger partial charge in [-0.1, -0.05) is 17.7 Å². The Morgan fingerprint density at radius 2 is 2.17 bits per heavy atom. The lowest BCUT2D eigenvalue weighted by atomic mass is 9.87. The second-order valence-corrected chi connectivity index (χ2v) is 6.63. The molecule has 3 rings (SSSR count). The number of carboxylic acids is 1. The molecular weight excluding hydrogens is 394 g/mol. The molecule has 1 unspecified atom stereocenters. The maximum Gasteiger partial charge on any atom is 0.311 e. The molecule has 0 radical (unpaired) electrons. The van der Waals surface area contributed by atoms with Gasteiger partial charge in [-0.25, -0.2) is 0 Å². The van der Waals surface area contributed by atoms with Gasteiger partial charge in [0.05, 0.1) is 24.7 Å². The summed E-state index contributed by atoms with van der Waals surface area (Å²) in [4.78, 5) is 31.6. The quantitative estimate of drug-likeness (QED) is 0.644. The molecule has 146 valence electrons. The van der Waals surface area contributed by atoms with E-state index in [-0.39, 0.29) is 28.9 Å². The molecular formula is C21H16ClN3O4. The van der Waals surface area contributed by atoms with Crippen molar-refractivity contribution in [3.8, 4) is 22.9 Å². The number of nitrogens with one attached hydrogen (secondary N) is 1. The lowest BCUT2D eigenvalue weighted by molar-refractivity contribution is -0.138. The van der Waals surface area contributed by atoms with Crippen LogP contribution in [-0.2, 0) is 11.2 Å². The molecule has 0 bridgehead atoms. The molecule has 0 amide bonds. The van der Waals surface area contributed by atoms with E-state index in [1.165, 1.54) is 25.4 Å². The van der Waals surface area contributed by atoms with Gasteiger partial charge in [0.1, 0.15) is 5.75 Å². The highest BCUT2D eigenvalue weighted by atomic mass is 35.5. The van der Waals surface area contributed by atoms with Crippen LogP contribution in [0.3, 0.4) is 0 Å². The molecule has 0 saturated heterocycles. The third-order valence-electron chi connectivity index (χ3n) is 4.47. The largest absolute Gasteiger partial charge is 0.495 e. The van der Waals surface area contributed by atoms with Crippen LogP contribution in [0.15, 0.2) is 53.6 Å². The van der Waals surface area contributed by atoms with Gasteiger partial charge in [0.2, 0.25) is 0 Å². The molecule has 2 aromatic heterocycles. The van der Waals surface area contributed by atoms with E-state index >= 15 is 0 Å². The molecule has 0 aliphatic heterocycles. The second-order valence-electron chi connectivity index (χ2n) is 6.19. The summed E-state index contributed by atoms with van der Waals surface area (Å²) >= 11 is 6.12. The number of ether oxygens (including phenoxy) is 1. The lowest BCUT2D eigenvalue weighted by Crippen LogP contribution is -2.25. The van der Waals surface area contributed by atoms with Crippen LogP contribution < -0.4 is 10.3 Å². The highest BCUT2D eigenvalue weighted by Gasteiger charge is 2.30. The molecule has 0 spiro atoms. The Labute approximate surface area is 171 Å². The van der Waals surface area contributed by atoms with Crippen LogP contribution >= 0.6 is 11.6 Å². The van der Waals surface area contributed by atoms with Crippen LogP contribution in [0.2, 0.25) is 5.02 Å². The van der Waals surface area contributed by atoms with E-state index in [0.29, 0.717) is 16.3 Å². The van der Waals surface area contributed by atoms with Crippen molar-refractivity contribution in [3.63, 3.8) is 0 Å². The molecule has 2 heterocycles. The number of benzene rings is 1. The predicted octanol–water partition coefficient (Wildman–Crippen LogP) is 3.38. The Hall–Kier alpha value is -3.63. The number of aliphatic carboxylic acids is 1. The highest BCUT2D eigenvalue weighted by molar-refractivity contribution is 6.31. The molecule has 3 aromatic rings. The molecule has 8 heteroatoms. The van der Waals surface area contributed by atoms with E-state index in [9.17, 15) is 20.0 Å². The number of aromatic nitrogens is 2. The summed E-state index contributed by atoms with van der Waals surface area (Å²) in [5, 5.41) is 19.8. The van der Waals surface area contributed by atoms with E-state index in [1.54, 1.807) is 30.5 Å². The summed E-state index contributed by atoms with van der Waals surface area (Å²) < 4.78 is 5.38. The lowest BCUT2D eigenvalue weighted by Gasteiger charge is -2.19. The smallest absolute Gasteiger partial charge is 0.311 e. The zero-order chi connectivity index (χ0) is 21.0. The molecule has 0 saturated carbocycles. The number of hydrogen-bond donors (Lipinski definition) is 2. The fourth-order valence-electron chi connectivity index (χ4n) is 3.16. The highest BCUT2D eigenvalue weighted by Crippen LogP contribution is 2.38. The van der Waals surface area contributed by atoms with E-state index in [0.717, 1.165) is 0 Å². The first-order valence-corrected chi connectivity index (χ1v) is 8.96. The monoisotopic (exact) mass is 409 g/mol. The van der Waals surface area contributed by atoms with Gasteiger partial charge in [-0.05, 0) is 30.3 Å². The normalized spacial score (nSPS) is 11.5. The van der Waals surface area contributed by atoms with Crippen LogP contribution in [0.4, 0.5) is 0 Å². The Balaban J connectivity index is 2.31. The summed E-state index contributed by atoms with van der Waals surface area (Å²) in [7, 11) is 1.39. The number of carbonyl (C=O) groups is 1. The van der Waals surface area contributed by atoms with E-state index < -0.39 is 17.4 Å². The number of nitriles is 1. The summed E-state index contributed by atoms with van der Waals surface area (Å²) in [5.41, 5.74) is 0.680. The number of carboxylic acid groups (broad SMARTS) is 1. The molecule has 2 N–H and O–H groups in total. The van der Waals surface area contributed by atoms with Crippen molar-refractivity contribution in [3.05, 3.63) is 81.0 Å². The zero-order valence-electron chi connectivity index (χ0n) is 15.3. The van der Waals surface area contributed by atoms with E-state index in [2.05, 4.69) is 16.0 Å². The molecule has 0 fully saturated rings. The third-order valence-corrected chi connectivity index (χ3v) is 4.71. The van der Waals surface area contributed by atoms with Crippen molar-refractivity contribution >= 4 is 17.6 Å². The molecule has 7 nitrogen and oxygen atoms in total. The van der Waals surface area contributed by atoms with E-state index in [1.807, 2.05) is 0 Å². The average Bonchev–Trinajstić information content (AvgIpc) is 2.72. The van der Waals surface area contributed by atoms with Crippen molar-refractivity contribution < 1.29 is 14.6 Å². The van der Waals surface area contributed by atoms with Gasteiger partial charge in [-0.3, -0.25) is 14.6 Å². The standard InChI is InChI=1S/C21H16ClN3O4/c1-29-17-11-25-20(26)19(16(21(27)28)9-14-4-2-3-7-24-14)18(17)15-8-13(22)6-5-12(15)10-23/h2-8,11,16H,9H2,1H3,(H,25,26)(H,27,28). The van der Waals surface area contributed by atoms with Gasteiger partial charge in [0.25, 0.3) is 5.56 Å². The van der Waals surface area contributed by atoms with Gasteiger partial charge in [-0.2, -0.15) is 5.26 Å². The summed E-state index contributed by atoms with van der Waals surface area (Å²) in [6.07, 6.45) is 2.88. The van der Waals surface area contributed by atoms with Crippen LogP contribution in [0.1, 0.15) is 22.7 Å². The Kier molecular flexibility index (Phi) is 5.96. The fourth-order valence-corrected chi connectivity index (χ4v) is 3.33. The predicted molar refractivity (Wildman–Crippen MR) is 107 cm³/mol. The maximum absolute atomic E-state index is 12.8.